The van der Waals surface area contributed by atoms with Crippen molar-refractivity contribution < 1.29 is 22.8 Å². The van der Waals surface area contributed by atoms with Crippen molar-refractivity contribution in [2.75, 3.05) is 19.6 Å². The maximum Gasteiger partial charge on any atom is 0.405 e. The van der Waals surface area contributed by atoms with Crippen molar-refractivity contribution in [3.63, 3.8) is 0 Å². The van der Waals surface area contributed by atoms with Gasteiger partial charge in [0.1, 0.15) is 6.54 Å². The number of amides is 2. The molecule has 0 radical (unpaired) electrons. The Labute approximate surface area is 103 Å². The highest BCUT2D eigenvalue weighted by atomic mass is 19.4. The summed E-state index contributed by atoms with van der Waals surface area (Å²) in [4.78, 5) is 22.4. The van der Waals surface area contributed by atoms with Crippen LogP contribution in [-0.4, -0.2) is 43.7 Å². The lowest BCUT2D eigenvalue weighted by molar-refractivity contribution is -0.138. The van der Waals surface area contributed by atoms with Crippen molar-refractivity contribution in [2.24, 2.45) is 0 Å². The smallest absolute Gasteiger partial charge is 0.355 e. The minimum atomic E-state index is -4.43. The van der Waals surface area contributed by atoms with Crippen LogP contribution in [0.5, 0.6) is 0 Å². The van der Waals surface area contributed by atoms with Crippen LogP contribution in [0.25, 0.3) is 0 Å². The number of nitrogens with one attached hydrogen (secondary N) is 3. The molecule has 0 saturated heterocycles. The van der Waals surface area contributed by atoms with E-state index in [1.165, 1.54) is 6.92 Å². The number of rotatable bonds is 7. The monoisotopic (exact) mass is 269 g/mol. The summed E-state index contributed by atoms with van der Waals surface area (Å²) in [5, 5.41) is 6.84. The average molecular weight is 269 g/mol. The van der Waals surface area contributed by atoms with Gasteiger partial charge in [0.15, 0.2) is 0 Å². The van der Waals surface area contributed by atoms with Crippen LogP contribution in [0.2, 0.25) is 0 Å². The van der Waals surface area contributed by atoms with Gasteiger partial charge in [0.25, 0.3) is 0 Å². The number of carbonyl (C=O) groups is 2. The van der Waals surface area contributed by atoms with Gasteiger partial charge >= 0.3 is 6.18 Å². The lowest BCUT2D eigenvalue weighted by Crippen LogP contribution is -2.47. The zero-order valence-corrected chi connectivity index (χ0v) is 10.4. The standard InChI is InChI=1S/C10H18F3N3O2/c1-3-4-14-9(18)7(2)15-5-8(17)16-6-10(11,12)13/h7,15H,3-6H2,1-2H3,(H,14,18)(H,16,17). The van der Waals surface area contributed by atoms with Crippen LogP contribution >= 0.6 is 0 Å². The Morgan fingerprint density at radius 3 is 2.33 bits per heavy atom. The summed E-state index contributed by atoms with van der Waals surface area (Å²) in [6, 6.07) is -0.631. The second-order valence-electron chi connectivity index (χ2n) is 3.79. The van der Waals surface area contributed by atoms with E-state index in [4.69, 9.17) is 0 Å². The fourth-order valence-electron chi connectivity index (χ4n) is 1.00. The molecular formula is C10H18F3N3O2. The molecule has 1 atom stereocenters. The Kier molecular flexibility index (Phi) is 7.33. The fraction of sp³-hybridized carbons (Fsp3) is 0.800. The van der Waals surface area contributed by atoms with Gasteiger partial charge in [0, 0.05) is 6.54 Å². The Bertz CT molecular complexity index is 282. The first-order chi connectivity index (χ1) is 8.26. The van der Waals surface area contributed by atoms with E-state index in [-0.39, 0.29) is 12.5 Å². The quantitative estimate of drug-likeness (QED) is 0.617. The Morgan fingerprint density at radius 2 is 1.83 bits per heavy atom. The molecule has 18 heavy (non-hydrogen) atoms. The first kappa shape index (κ1) is 16.7. The van der Waals surface area contributed by atoms with Crippen LogP contribution in [-0.2, 0) is 9.59 Å². The third kappa shape index (κ3) is 8.80. The van der Waals surface area contributed by atoms with E-state index in [0.717, 1.165) is 6.42 Å². The van der Waals surface area contributed by atoms with Gasteiger partial charge in [-0.05, 0) is 13.3 Å². The number of carbonyl (C=O) groups excluding carboxylic acids is 2. The van der Waals surface area contributed by atoms with Crippen molar-refractivity contribution in [1.82, 2.24) is 16.0 Å². The van der Waals surface area contributed by atoms with Gasteiger partial charge < -0.3 is 10.6 Å². The number of alkyl halides is 3. The number of hydrogen-bond acceptors (Lipinski definition) is 3. The summed E-state index contributed by atoms with van der Waals surface area (Å²) in [7, 11) is 0. The topological polar surface area (TPSA) is 70.2 Å². The molecule has 5 nitrogen and oxygen atoms in total. The van der Waals surface area contributed by atoms with E-state index in [2.05, 4.69) is 10.6 Å². The molecule has 0 bridgehead atoms. The summed E-state index contributed by atoms with van der Waals surface area (Å²) in [5.41, 5.74) is 0. The number of hydrogen-bond donors (Lipinski definition) is 3. The molecule has 0 saturated carbocycles. The Morgan fingerprint density at radius 1 is 1.22 bits per heavy atom. The SMILES string of the molecule is CCCNC(=O)C(C)NCC(=O)NCC(F)(F)F. The zero-order chi connectivity index (χ0) is 14.2. The van der Waals surface area contributed by atoms with Crippen LogP contribution < -0.4 is 16.0 Å². The van der Waals surface area contributed by atoms with Gasteiger partial charge in [-0.2, -0.15) is 13.2 Å². The van der Waals surface area contributed by atoms with E-state index < -0.39 is 24.7 Å². The molecule has 1 unspecified atom stereocenters. The molecular weight excluding hydrogens is 251 g/mol. The molecule has 0 aliphatic heterocycles. The Hall–Kier alpha value is -1.31. The summed E-state index contributed by atoms with van der Waals surface area (Å²) in [5.74, 6) is -1.09. The van der Waals surface area contributed by atoms with E-state index >= 15 is 0 Å². The van der Waals surface area contributed by atoms with Crippen molar-refractivity contribution in [1.29, 1.82) is 0 Å². The lowest BCUT2D eigenvalue weighted by atomic mass is 10.3. The van der Waals surface area contributed by atoms with E-state index in [1.807, 2.05) is 6.92 Å². The van der Waals surface area contributed by atoms with Gasteiger partial charge in [0.2, 0.25) is 11.8 Å². The van der Waals surface area contributed by atoms with Gasteiger partial charge in [-0.25, -0.2) is 0 Å². The predicted octanol–water partition coefficient (Wildman–Crippen LogP) is 0.169. The van der Waals surface area contributed by atoms with E-state index in [9.17, 15) is 22.8 Å². The largest absolute Gasteiger partial charge is 0.405 e. The number of halogens is 3. The van der Waals surface area contributed by atoms with E-state index in [0.29, 0.717) is 6.54 Å². The minimum absolute atomic E-state index is 0.291. The first-order valence-electron chi connectivity index (χ1n) is 5.60. The van der Waals surface area contributed by atoms with Crippen LogP contribution in [0.3, 0.4) is 0 Å². The first-order valence-corrected chi connectivity index (χ1v) is 5.60. The fourth-order valence-corrected chi connectivity index (χ4v) is 1.00. The van der Waals surface area contributed by atoms with Crippen molar-refractivity contribution in [3.05, 3.63) is 0 Å². The van der Waals surface area contributed by atoms with E-state index in [1.54, 1.807) is 5.32 Å². The van der Waals surface area contributed by atoms with Gasteiger partial charge in [-0.15, -0.1) is 0 Å². The molecule has 0 aliphatic rings. The molecule has 3 N–H and O–H groups in total. The van der Waals surface area contributed by atoms with Crippen LogP contribution in [0, 0.1) is 0 Å². The highest BCUT2D eigenvalue weighted by Crippen LogP contribution is 2.11. The lowest BCUT2D eigenvalue weighted by Gasteiger charge is -2.14. The molecule has 0 heterocycles. The molecule has 0 rings (SSSR count). The summed E-state index contributed by atoms with van der Waals surface area (Å²) in [6.45, 7) is 2.23. The summed E-state index contributed by atoms with van der Waals surface area (Å²) >= 11 is 0. The maximum absolute atomic E-state index is 11.8. The molecule has 0 fully saturated rings. The van der Waals surface area contributed by atoms with Crippen molar-refractivity contribution >= 4 is 11.8 Å². The molecule has 0 aliphatic carbocycles. The van der Waals surface area contributed by atoms with Crippen LogP contribution in [0.4, 0.5) is 13.2 Å². The highest BCUT2D eigenvalue weighted by molar-refractivity contribution is 5.83. The average Bonchev–Trinajstić information content (AvgIpc) is 2.29. The molecule has 2 amide bonds. The molecule has 106 valence electrons. The Balaban J connectivity index is 3.81. The van der Waals surface area contributed by atoms with Gasteiger partial charge in [-0.1, -0.05) is 6.92 Å². The minimum Gasteiger partial charge on any atom is -0.355 e. The zero-order valence-electron chi connectivity index (χ0n) is 10.4. The molecule has 8 heteroatoms. The summed E-state index contributed by atoms with van der Waals surface area (Å²) < 4.78 is 35.3. The molecule has 0 spiro atoms. The summed E-state index contributed by atoms with van der Waals surface area (Å²) in [6.07, 6.45) is -3.65. The predicted molar refractivity (Wildman–Crippen MR) is 59.8 cm³/mol. The molecule has 0 aromatic rings. The van der Waals surface area contributed by atoms with Crippen molar-refractivity contribution in [3.8, 4) is 0 Å². The van der Waals surface area contributed by atoms with Crippen LogP contribution in [0.15, 0.2) is 0 Å². The van der Waals surface area contributed by atoms with Crippen LogP contribution in [0.1, 0.15) is 20.3 Å². The third-order valence-corrected chi connectivity index (χ3v) is 2.00. The van der Waals surface area contributed by atoms with Gasteiger partial charge in [-0.3, -0.25) is 14.9 Å². The third-order valence-electron chi connectivity index (χ3n) is 2.00. The second-order valence-corrected chi connectivity index (χ2v) is 3.79. The highest BCUT2D eigenvalue weighted by Gasteiger charge is 2.27. The van der Waals surface area contributed by atoms with Gasteiger partial charge in [0.05, 0.1) is 12.6 Å². The second kappa shape index (κ2) is 7.91. The maximum atomic E-state index is 11.8. The van der Waals surface area contributed by atoms with Crippen molar-refractivity contribution in [2.45, 2.75) is 32.5 Å². The molecule has 0 aromatic heterocycles. The molecule has 0 aromatic carbocycles. The normalized spacial score (nSPS) is 12.9.